The van der Waals surface area contributed by atoms with Crippen LogP contribution in [0.25, 0.3) is 0 Å². The molecular formula is C29H40N2O9S2. The topological polar surface area (TPSA) is 149 Å². The Hall–Kier alpha value is -2.71. The Labute approximate surface area is 248 Å². The highest BCUT2D eigenvalue weighted by atomic mass is 32.2. The van der Waals surface area contributed by atoms with Crippen LogP contribution in [-0.2, 0) is 35.8 Å². The number of carbonyl (C=O) groups excluding carboxylic acids is 1. The number of amides is 1. The van der Waals surface area contributed by atoms with Gasteiger partial charge in [0.25, 0.3) is 0 Å². The Balaban J connectivity index is 1.52. The molecule has 232 valence electrons. The van der Waals surface area contributed by atoms with Crippen molar-refractivity contribution in [2.24, 2.45) is 17.8 Å². The summed E-state index contributed by atoms with van der Waals surface area (Å²) in [6, 6.07) is 14.3. The van der Waals surface area contributed by atoms with Crippen molar-refractivity contribution in [3.63, 3.8) is 0 Å². The summed E-state index contributed by atoms with van der Waals surface area (Å²) in [4.78, 5) is 13.2. The predicted octanol–water partition coefficient (Wildman–Crippen LogP) is 2.10. The molecule has 13 heteroatoms. The van der Waals surface area contributed by atoms with Crippen LogP contribution in [0.2, 0.25) is 0 Å². The van der Waals surface area contributed by atoms with Gasteiger partial charge in [-0.05, 0) is 42.2 Å². The molecule has 3 unspecified atom stereocenters. The van der Waals surface area contributed by atoms with Gasteiger partial charge >= 0.3 is 6.09 Å². The number of benzene rings is 2. The number of hydrogen-bond donors (Lipinski definition) is 2. The lowest BCUT2D eigenvalue weighted by Crippen LogP contribution is -2.52. The number of methoxy groups -OCH3 is 1. The number of hydrogen-bond acceptors (Lipinski definition) is 9. The molecule has 2 aliphatic rings. The maximum absolute atomic E-state index is 13.6. The van der Waals surface area contributed by atoms with Gasteiger partial charge in [0, 0.05) is 24.9 Å². The van der Waals surface area contributed by atoms with Gasteiger partial charge in [-0.2, -0.15) is 4.31 Å². The van der Waals surface area contributed by atoms with Gasteiger partial charge in [0.05, 0.1) is 48.9 Å². The summed E-state index contributed by atoms with van der Waals surface area (Å²) in [5, 5.41) is 14.1. The zero-order chi connectivity index (χ0) is 30.5. The summed E-state index contributed by atoms with van der Waals surface area (Å²) in [6.45, 7) is 4.00. The number of rotatable bonds is 12. The van der Waals surface area contributed by atoms with Crippen LogP contribution in [0.1, 0.15) is 19.4 Å². The normalized spacial score (nSPS) is 23.2. The molecule has 0 aromatic heterocycles. The minimum absolute atomic E-state index is 0.00282. The number of aliphatic hydroxyl groups excluding tert-OH is 1. The number of carbonyl (C=O) groups is 1. The molecule has 2 heterocycles. The van der Waals surface area contributed by atoms with Gasteiger partial charge in [-0.15, -0.1) is 0 Å². The quantitative estimate of drug-likeness (QED) is 0.362. The summed E-state index contributed by atoms with van der Waals surface area (Å²) in [5.74, 6) is -0.189. The van der Waals surface area contributed by atoms with E-state index in [1.165, 1.54) is 23.5 Å². The summed E-state index contributed by atoms with van der Waals surface area (Å²) in [6.07, 6.45) is -2.67. The number of fused-ring (bicyclic) bond motifs is 1. The highest BCUT2D eigenvalue weighted by molar-refractivity contribution is 7.91. The Morgan fingerprint density at radius 2 is 1.76 bits per heavy atom. The summed E-state index contributed by atoms with van der Waals surface area (Å²) < 4.78 is 69.2. The number of nitrogens with one attached hydrogen (secondary N) is 1. The first kappa shape index (κ1) is 32.2. The van der Waals surface area contributed by atoms with E-state index in [1.807, 2.05) is 44.2 Å². The van der Waals surface area contributed by atoms with E-state index in [-0.39, 0.29) is 60.3 Å². The fourth-order valence-corrected chi connectivity index (χ4v) is 9.32. The molecule has 5 atom stereocenters. The van der Waals surface area contributed by atoms with Crippen LogP contribution in [0.3, 0.4) is 0 Å². The molecule has 1 amide bonds. The fraction of sp³-hybridized carbons (Fsp3) is 0.552. The van der Waals surface area contributed by atoms with Crippen LogP contribution in [0.5, 0.6) is 5.75 Å². The molecule has 0 radical (unpaired) electrons. The van der Waals surface area contributed by atoms with Crippen LogP contribution in [0, 0.1) is 17.8 Å². The van der Waals surface area contributed by atoms with Gasteiger partial charge in [0.1, 0.15) is 11.9 Å². The molecule has 42 heavy (non-hydrogen) atoms. The highest BCUT2D eigenvalue weighted by Gasteiger charge is 2.46. The van der Waals surface area contributed by atoms with E-state index in [4.69, 9.17) is 14.2 Å². The first-order valence-corrected chi connectivity index (χ1v) is 17.3. The summed E-state index contributed by atoms with van der Waals surface area (Å²) in [7, 11) is -5.74. The first-order chi connectivity index (χ1) is 19.9. The second-order valence-corrected chi connectivity index (χ2v) is 15.5. The molecular weight excluding hydrogens is 584 g/mol. The van der Waals surface area contributed by atoms with Gasteiger partial charge in [0.2, 0.25) is 10.0 Å². The Morgan fingerprint density at radius 3 is 2.40 bits per heavy atom. The van der Waals surface area contributed by atoms with Gasteiger partial charge < -0.3 is 24.6 Å². The number of sulfone groups is 1. The Morgan fingerprint density at radius 1 is 1.07 bits per heavy atom. The fourth-order valence-electron chi connectivity index (χ4n) is 5.50. The van der Waals surface area contributed by atoms with E-state index in [1.54, 1.807) is 12.1 Å². The van der Waals surface area contributed by atoms with Crippen LogP contribution < -0.4 is 10.1 Å². The number of sulfonamides is 1. The molecule has 2 aliphatic heterocycles. The number of aliphatic hydroxyl groups is 1. The van der Waals surface area contributed by atoms with Crippen molar-refractivity contribution >= 4 is 26.0 Å². The van der Waals surface area contributed by atoms with E-state index in [0.717, 1.165) is 5.56 Å². The highest BCUT2D eigenvalue weighted by Crippen LogP contribution is 2.33. The lowest BCUT2D eigenvalue weighted by atomic mass is 9.89. The molecule has 2 aromatic rings. The molecule has 2 saturated heterocycles. The van der Waals surface area contributed by atoms with Crippen molar-refractivity contribution in [1.82, 2.24) is 9.62 Å². The molecule has 0 aliphatic carbocycles. The number of alkyl carbamates (subject to hydrolysis) is 1. The largest absolute Gasteiger partial charge is 0.497 e. The first-order valence-electron chi connectivity index (χ1n) is 14.0. The average molecular weight is 625 g/mol. The van der Waals surface area contributed by atoms with Crippen molar-refractivity contribution in [3.8, 4) is 5.75 Å². The maximum Gasteiger partial charge on any atom is 0.407 e. The van der Waals surface area contributed by atoms with Crippen molar-refractivity contribution in [3.05, 3.63) is 60.2 Å². The molecule has 0 spiro atoms. The third kappa shape index (κ3) is 8.22. The molecule has 11 nitrogen and oxygen atoms in total. The minimum Gasteiger partial charge on any atom is -0.497 e. The van der Waals surface area contributed by atoms with Gasteiger partial charge in [-0.3, -0.25) is 0 Å². The van der Waals surface area contributed by atoms with Gasteiger partial charge in [0.15, 0.2) is 9.84 Å². The number of nitrogens with zero attached hydrogens (tertiary/aromatic N) is 1. The van der Waals surface area contributed by atoms with E-state index in [2.05, 4.69) is 5.32 Å². The molecule has 4 rings (SSSR count). The molecule has 2 N–H and O–H groups in total. The molecule has 2 aromatic carbocycles. The molecule has 2 fully saturated rings. The van der Waals surface area contributed by atoms with Crippen LogP contribution >= 0.6 is 0 Å². The van der Waals surface area contributed by atoms with Gasteiger partial charge in [-0.25, -0.2) is 21.6 Å². The van der Waals surface area contributed by atoms with E-state index < -0.39 is 44.2 Å². The summed E-state index contributed by atoms with van der Waals surface area (Å²) in [5.41, 5.74) is 0.818. The standard InChI is InChI=1S/C29H40N2O9S2/c1-20(2)14-31(42(36,37)24-11-9-23(38-3)10-12-24)15-27(32)26(13-21-7-5-4-6-8-21)30-29(33)40-28-17-39-16-22-18-41(34,35)19-25(22)28/h4-12,20,22,25-28,32H,13-19H2,1-3H3,(H,30,33)/t22?,25?,26-,27+,28?/m0/s1. The molecule has 0 saturated carbocycles. The summed E-state index contributed by atoms with van der Waals surface area (Å²) >= 11 is 0. The van der Waals surface area contributed by atoms with E-state index in [9.17, 15) is 26.7 Å². The maximum atomic E-state index is 13.6. The molecule has 0 bridgehead atoms. The van der Waals surface area contributed by atoms with Crippen LogP contribution in [0.4, 0.5) is 4.79 Å². The second-order valence-electron chi connectivity index (χ2n) is 11.4. The Bertz CT molecular complexity index is 1400. The lowest BCUT2D eigenvalue weighted by Gasteiger charge is -2.33. The van der Waals surface area contributed by atoms with Crippen molar-refractivity contribution in [2.75, 3.05) is 44.9 Å². The monoisotopic (exact) mass is 624 g/mol. The van der Waals surface area contributed by atoms with Crippen molar-refractivity contribution in [1.29, 1.82) is 0 Å². The van der Waals surface area contributed by atoms with Crippen molar-refractivity contribution < 1.29 is 40.9 Å². The average Bonchev–Trinajstić information content (AvgIpc) is 3.27. The zero-order valence-electron chi connectivity index (χ0n) is 24.1. The number of ether oxygens (including phenoxy) is 3. The third-order valence-electron chi connectivity index (χ3n) is 7.59. The van der Waals surface area contributed by atoms with E-state index >= 15 is 0 Å². The van der Waals surface area contributed by atoms with Gasteiger partial charge in [-0.1, -0.05) is 44.2 Å². The minimum atomic E-state index is -3.99. The second kappa shape index (κ2) is 13.7. The lowest BCUT2D eigenvalue weighted by molar-refractivity contribution is -0.0687. The van der Waals surface area contributed by atoms with Crippen LogP contribution in [-0.4, -0.2) is 95.5 Å². The smallest absolute Gasteiger partial charge is 0.407 e. The van der Waals surface area contributed by atoms with Crippen molar-refractivity contribution in [2.45, 2.75) is 43.4 Å². The van der Waals surface area contributed by atoms with Crippen LogP contribution in [0.15, 0.2) is 59.5 Å². The van der Waals surface area contributed by atoms with E-state index in [0.29, 0.717) is 12.4 Å². The third-order valence-corrected chi connectivity index (χ3v) is 11.3. The predicted molar refractivity (Wildman–Crippen MR) is 156 cm³/mol. The zero-order valence-corrected chi connectivity index (χ0v) is 25.7. The Kier molecular flexibility index (Phi) is 10.5. The SMILES string of the molecule is COc1ccc(S(=O)(=O)N(CC(C)C)C[C@@H](O)[C@H](Cc2ccccc2)NC(=O)OC2COCC3CS(=O)(=O)CC32)cc1.